The zero-order valence-electron chi connectivity index (χ0n) is 10.7. The highest BCUT2D eigenvalue weighted by Crippen LogP contribution is 2.27. The first-order valence-electron chi connectivity index (χ1n) is 6.70. The molecule has 1 heterocycles. The molecule has 1 aliphatic heterocycles. The lowest BCUT2D eigenvalue weighted by molar-refractivity contribution is -0.136. The first-order valence-corrected chi connectivity index (χ1v) is 6.70. The van der Waals surface area contributed by atoms with Gasteiger partial charge in [0.25, 0.3) is 0 Å². The maximum Gasteiger partial charge on any atom is 0.222 e. The minimum atomic E-state index is 0.315. The van der Waals surface area contributed by atoms with Crippen LogP contribution in [-0.2, 0) is 4.79 Å². The van der Waals surface area contributed by atoms with Gasteiger partial charge < -0.3 is 10.6 Å². The van der Waals surface area contributed by atoms with Gasteiger partial charge in [0.15, 0.2) is 0 Å². The number of nitrogens with zero attached hydrogens (tertiary/aromatic N) is 1. The second-order valence-electron chi connectivity index (χ2n) is 4.95. The molecule has 0 bridgehead atoms. The molecule has 2 atom stereocenters. The van der Waals surface area contributed by atoms with E-state index >= 15 is 0 Å². The molecule has 3 heteroatoms. The van der Waals surface area contributed by atoms with Crippen molar-refractivity contribution in [3.63, 3.8) is 0 Å². The van der Waals surface area contributed by atoms with E-state index in [4.69, 9.17) is 5.73 Å². The number of carbonyl (C=O) groups is 1. The highest BCUT2D eigenvalue weighted by Gasteiger charge is 2.30. The number of hydrogen-bond acceptors (Lipinski definition) is 2. The molecule has 2 unspecified atom stereocenters. The van der Waals surface area contributed by atoms with Crippen LogP contribution in [-0.4, -0.2) is 29.9 Å². The Kier molecular flexibility index (Phi) is 5.81. The van der Waals surface area contributed by atoms with Gasteiger partial charge in [-0.25, -0.2) is 0 Å². The monoisotopic (exact) mass is 226 g/mol. The molecule has 1 saturated heterocycles. The highest BCUT2D eigenvalue weighted by molar-refractivity contribution is 5.76. The van der Waals surface area contributed by atoms with Crippen LogP contribution >= 0.6 is 0 Å². The number of piperidine rings is 1. The Morgan fingerprint density at radius 2 is 2.25 bits per heavy atom. The van der Waals surface area contributed by atoms with E-state index in [2.05, 4.69) is 18.7 Å². The lowest BCUT2D eigenvalue weighted by Crippen LogP contribution is -2.47. The summed E-state index contributed by atoms with van der Waals surface area (Å²) in [6, 6.07) is 0.476. The molecule has 2 N–H and O–H groups in total. The Morgan fingerprint density at radius 3 is 2.88 bits per heavy atom. The second-order valence-corrected chi connectivity index (χ2v) is 4.95. The number of likely N-dealkylation sites (tertiary alicyclic amines) is 1. The van der Waals surface area contributed by atoms with E-state index in [9.17, 15) is 4.79 Å². The van der Waals surface area contributed by atoms with Crippen molar-refractivity contribution in [2.45, 2.75) is 58.4 Å². The maximum atomic E-state index is 12.1. The Hall–Kier alpha value is -0.570. The number of amides is 1. The smallest absolute Gasteiger partial charge is 0.222 e. The Labute approximate surface area is 99.4 Å². The van der Waals surface area contributed by atoms with Gasteiger partial charge in [-0.2, -0.15) is 0 Å². The third kappa shape index (κ3) is 3.48. The third-order valence-electron chi connectivity index (χ3n) is 3.62. The van der Waals surface area contributed by atoms with Crippen molar-refractivity contribution in [2.24, 2.45) is 11.7 Å². The molecular formula is C13H26N2O. The van der Waals surface area contributed by atoms with Crippen LogP contribution in [0.15, 0.2) is 0 Å². The van der Waals surface area contributed by atoms with Gasteiger partial charge in [0.1, 0.15) is 0 Å². The largest absolute Gasteiger partial charge is 0.339 e. The van der Waals surface area contributed by atoms with Crippen molar-refractivity contribution in [3.8, 4) is 0 Å². The second kappa shape index (κ2) is 6.89. The molecular weight excluding hydrogens is 200 g/mol. The Morgan fingerprint density at radius 1 is 1.50 bits per heavy atom. The molecule has 0 saturated carbocycles. The molecule has 0 aromatic carbocycles. The summed E-state index contributed by atoms with van der Waals surface area (Å²) in [4.78, 5) is 14.2. The van der Waals surface area contributed by atoms with Crippen molar-refractivity contribution in [3.05, 3.63) is 0 Å². The zero-order valence-corrected chi connectivity index (χ0v) is 10.7. The molecule has 94 valence electrons. The minimum Gasteiger partial charge on any atom is -0.339 e. The van der Waals surface area contributed by atoms with Gasteiger partial charge >= 0.3 is 0 Å². The highest BCUT2D eigenvalue weighted by atomic mass is 16.2. The number of carbonyl (C=O) groups excluding carboxylic acids is 1. The van der Waals surface area contributed by atoms with Gasteiger partial charge in [0.2, 0.25) is 5.91 Å². The average molecular weight is 226 g/mol. The normalized spacial score (nSPS) is 25.8. The summed E-state index contributed by atoms with van der Waals surface area (Å²) in [7, 11) is 0. The molecule has 16 heavy (non-hydrogen) atoms. The molecule has 0 aliphatic carbocycles. The Balaban J connectivity index is 2.55. The van der Waals surface area contributed by atoms with E-state index in [0.717, 1.165) is 32.2 Å². The standard InChI is InChI=1S/C13H26N2O/c1-3-6-12-11(2)7-5-10-15(12)13(16)8-4-9-14/h11-12H,3-10,14H2,1-2H3. The van der Waals surface area contributed by atoms with Crippen molar-refractivity contribution in [1.29, 1.82) is 0 Å². The van der Waals surface area contributed by atoms with Crippen molar-refractivity contribution in [2.75, 3.05) is 13.1 Å². The van der Waals surface area contributed by atoms with Gasteiger partial charge in [0, 0.05) is 19.0 Å². The number of hydrogen-bond donors (Lipinski definition) is 1. The molecule has 0 aromatic heterocycles. The molecule has 3 nitrogen and oxygen atoms in total. The molecule has 1 fully saturated rings. The van der Waals surface area contributed by atoms with Crippen LogP contribution in [0.1, 0.15) is 52.4 Å². The fourth-order valence-electron chi connectivity index (χ4n) is 2.69. The van der Waals surface area contributed by atoms with Crippen molar-refractivity contribution >= 4 is 5.91 Å². The summed E-state index contributed by atoms with van der Waals surface area (Å²) >= 11 is 0. The predicted octanol–water partition coefficient (Wildman–Crippen LogP) is 2.15. The summed E-state index contributed by atoms with van der Waals surface area (Å²) in [5.41, 5.74) is 5.46. The van der Waals surface area contributed by atoms with Gasteiger partial charge in [0.05, 0.1) is 0 Å². The van der Waals surface area contributed by atoms with Crippen LogP contribution in [0.3, 0.4) is 0 Å². The maximum absolute atomic E-state index is 12.1. The van der Waals surface area contributed by atoms with Gasteiger partial charge in [-0.05, 0) is 38.1 Å². The van der Waals surface area contributed by atoms with E-state index in [-0.39, 0.29) is 0 Å². The van der Waals surface area contributed by atoms with Crippen LogP contribution in [0, 0.1) is 5.92 Å². The lowest BCUT2D eigenvalue weighted by atomic mass is 9.87. The number of rotatable bonds is 5. The topological polar surface area (TPSA) is 46.3 Å². The summed E-state index contributed by atoms with van der Waals surface area (Å²) < 4.78 is 0. The van der Waals surface area contributed by atoms with Crippen LogP contribution < -0.4 is 5.73 Å². The SMILES string of the molecule is CCCC1C(C)CCCN1C(=O)CCCN. The summed E-state index contributed by atoms with van der Waals surface area (Å²) in [5, 5.41) is 0. The molecule has 1 aliphatic rings. The van der Waals surface area contributed by atoms with Crippen LogP contribution in [0.5, 0.6) is 0 Å². The zero-order chi connectivity index (χ0) is 12.0. The quantitative estimate of drug-likeness (QED) is 0.781. The van der Waals surface area contributed by atoms with E-state index in [1.54, 1.807) is 0 Å². The molecule has 0 aromatic rings. The molecule has 1 rings (SSSR count). The molecule has 0 spiro atoms. The van der Waals surface area contributed by atoms with E-state index in [0.29, 0.717) is 30.8 Å². The first-order chi connectivity index (χ1) is 7.70. The fourth-order valence-corrected chi connectivity index (χ4v) is 2.69. The van der Waals surface area contributed by atoms with Crippen molar-refractivity contribution in [1.82, 2.24) is 4.90 Å². The third-order valence-corrected chi connectivity index (χ3v) is 3.62. The fraction of sp³-hybridized carbons (Fsp3) is 0.923. The average Bonchev–Trinajstić information content (AvgIpc) is 2.29. The summed E-state index contributed by atoms with van der Waals surface area (Å²) in [6.45, 7) is 6.05. The van der Waals surface area contributed by atoms with Crippen LogP contribution in [0.4, 0.5) is 0 Å². The van der Waals surface area contributed by atoms with E-state index in [1.807, 2.05) is 0 Å². The molecule has 0 radical (unpaired) electrons. The van der Waals surface area contributed by atoms with Gasteiger partial charge in [-0.3, -0.25) is 4.79 Å². The van der Waals surface area contributed by atoms with Gasteiger partial charge in [-0.15, -0.1) is 0 Å². The minimum absolute atomic E-state index is 0.315. The number of nitrogens with two attached hydrogens (primary N) is 1. The van der Waals surface area contributed by atoms with Gasteiger partial charge in [-0.1, -0.05) is 20.3 Å². The predicted molar refractivity (Wildman–Crippen MR) is 67.1 cm³/mol. The first kappa shape index (κ1) is 13.5. The Bertz CT molecular complexity index is 218. The molecule has 1 amide bonds. The van der Waals surface area contributed by atoms with Crippen LogP contribution in [0.25, 0.3) is 0 Å². The van der Waals surface area contributed by atoms with Crippen LogP contribution in [0.2, 0.25) is 0 Å². The van der Waals surface area contributed by atoms with E-state index in [1.165, 1.54) is 6.42 Å². The summed E-state index contributed by atoms with van der Waals surface area (Å²) in [5.74, 6) is 0.978. The van der Waals surface area contributed by atoms with Crippen molar-refractivity contribution < 1.29 is 4.79 Å². The lowest BCUT2D eigenvalue weighted by Gasteiger charge is -2.40. The summed E-state index contributed by atoms with van der Waals surface area (Å²) in [6.07, 6.45) is 6.19. The van der Waals surface area contributed by atoms with E-state index < -0.39 is 0 Å².